The Balaban J connectivity index is 0.00000288. The third-order valence-corrected chi connectivity index (χ3v) is 6.22. The summed E-state index contributed by atoms with van der Waals surface area (Å²) in [6.45, 7) is 5.55. The van der Waals surface area contributed by atoms with Crippen molar-refractivity contribution in [1.29, 1.82) is 0 Å². The third-order valence-electron chi connectivity index (χ3n) is 5.24. The van der Waals surface area contributed by atoms with Crippen molar-refractivity contribution in [2.75, 3.05) is 38.2 Å². The van der Waals surface area contributed by atoms with E-state index in [1.807, 2.05) is 0 Å². The molecule has 6 nitrogen and oxygen atoms in total. The quantitative estimate of drug-likeness (QED) is 0.764. The van der Waals surface area contributed by atoms with Crippen LogP contribution in [0.1, 0.15) is 39.0 Å². The van der Waals surface area contributed by atoms with E-state index in [2.05, 4.69) is 11.8 Å². The summed E-state index contributed by atoms with van der Waals surface area (Å²) in [5.74, 6) is 0.715. The fourth-order valence-corrected chi connectivity index (χ4v) is 4.30. The van der Waals surface area contributed by atoms with Gasteiger partial charge in [0.2, 0.25) is 5.91 Å². The second-order valence-electron chi connectivity index (χ2n) is 7.30. The minimum absolute atomic E-state index is 0. The standard InChI is InChI=1S/C16H31N3O3S.ClH/c1-13-3-5-14(6-4-13)18-8-10-19(11-9-18)16(20)15(17)7-12-23(2,21)22;/h13-15H,3-12,17H2,1-2H3;1H. The number of sulfone groups is 1. The minimum Gasteiger partial charge on any atom is -0.339 e. The zero-order valence-corrected chi connectivity index (χ0v) is 16.4. The zero-order valence-electron chi connectivity index (χ0n) is 14.8. The Bertz CT molecular complexity index is 499. The van der Waals surface area contributed by atoms with Crippen molar-refractivity contribution in [2.45, 2.75) is 51.1 Å². The van der Waals surface area contributed by atoms with E-state index in [-0.39, 0.29) is 30.5 Å². The van der Waals surface area contributed by atoms with Crippen molar-refractivity contribution in [3.63, 3.8) is 0 Å². The zero-order chi connectivity index (χ0) is 17.0. The smallest absolute Gasteiger partial charge is 0.239 e. The van der Waals surface area contributed by atoms with Crippen LogP contribution in [0.25, 0.3) is 0 Å². The Morgan fingerprint density at radius 1 is 1.12 bits per heavy atom. The molecule has 0 radical (unpaired) electrons. The van der Waals surface area contributed by atoms with Crippen LogP contribution in [0.3, 0.4) is 0 Å². The van der Waals surface area contributed by atoms with Gasteiger partial charge in [-0.2, -0.15) is 0 Å². The first-order valence-corrected chi connectivity index (χ1v) is 10.8. The van der Waals surface area contributed by atoms with Crippen LogP contribution in [0.15, 0.2) is 0 Å². The van der Waals surface area contributed by atoms with Crippen molar-refractivity contribution < 1.29 is 13.2 Å². The van der Waals surface area contributed by atoms with E-state index in [9.17, 15) is 13.2 Å². The lowest BCUT2D eigenvalue weighted by Crippen LogP contribution is -2.55. The van der Waals surface area contributed by atoms with Crippen molar-refractivity contribution in [3.8, 4) is 0 Å². The predicted molar refractivity (Wildman–Crippen MR) is 99.1 cm³/mol. The van der Waals surface area contributed by atoms with Gasteiger partial charge in [-0.25, -0.2) is 8.42 Å². The Kier molecular flexibility index (Phi) is 8.45. The minimum atomic E-state index is -3.07. The molecule has 1 aliphatic carbocycles. The van der Waals surface area contributed by atoms with E-state index in [1.54, 1.807) is 4.90 Å². The Morgan fingerprint density at radius 2 is 1.67 bits per heavy atom. The van der Waals surface area contributed by atoms with Crippen LogP contribution in [0.4, 0.5) is 0 Å². The van der Waals surface area contributed by atoms with Gasteiger partial charge in [0, 0.05) is 38.5 Å². The first-order valence-electron chi connectivity index (χ1n) is 8.72. The Labute approximate surface area is 152 Å². The summed E-state index contributed by atoms with van der Waals surface area (Å²) in [7, 11) is -3.07. The number of piperazine rings is 1. The second-order valence-corrected chi connectivity index (χ2v) is 9.56. The average Bonchev–Trinajstić information content (AvgIpc) is 2.52. The van der Waals surface area contributed by atoms with E-state index < -0.39 is 15.9 Å². The number of carbonyl (C=O) groups excluding carboxylic acids is 1. The van der Waals surface area contributed by atoms with E-state index >= 15 is 0 Å². The van der Waals surface area contributed by atoms with Gasteiger partial charge in [0.05, 0.1) is 11.8 Å². The Morgan fingerprint density at radius 3 is 2.17 bits per heavy atom. The fraction of sp³-hybridized carbons (Fsp3) is 0.938. The molecule has 2 rings (SSSR count). The molecule has 0 aromatic heterocycles. The SMILES string of the molecule is CC1CCC(N2CCN(C(=O)C(N)CCS(C)(=O)=O)CC2)CC1.Cl. The number of hydrogen-bond acceptors (Lipinski definition) is 5. The molecule has 1 amide bonds. The van der Waals surface area contributed by atoms with Gasteiger partial charge in [-0.05, 0) is 38.0 Å². The van der Waals surface area contributed by atoms with E-state index in [1.165, 1.54) is 31.9 Å². The van der Waals surface area contributed by atoms with Gasteiger partial charge in [-0.15, -0.1) is 12.4 Å². The van der Waals surface area contributed by atoms with Gasteiger partial charge in [-0.1, -0.05) is 6.92 Å². The number of halogens is 1. The number of amides is 1. The van der Waals surface area contributed by atoms with Crippen LogP contribution in [-0.2, 0) is 14.6 Å². The van der Waals surface area contributed by atoms with Crippen molar-refractivity contribution in [1.82, 2.24) is 9.80 Å². The molecule has 2 fully saturated rings. The number of rotatable bonds is 5. The fourth-order valence-electron chi connectivity index (χ4n) is 3.61. The number of carbonyl (C=O) groups is 1. The van der Waals surface area contributed by atoms with Crippen molar-refractivity contribution >= 4 is 28.2 Å². The number of nitrogens with two attached hydrogens (primary N) is 1. The summed E-state index contributed by atoms with van der Waals surface area (Å²) in [5, 5.41) is 0. The number of hydrogen-bond donors (Lipinski definition) is 1. The lowest BCUT2D eigenvalue weighted by molar-refractivity contribution is -0.134. The van der Waals surface area contributed by atoms with Gasteiger partial charge < -0.3 is 10.6 Å². The molecule has 1 aliphatic heterocycles. The molecule has 2 aliphatic rings. The third kappa shape index (κ3) is 6.50. The van der Waals surface area contributed by atoms with Crippen molar-refractivity contribution in [3.05, 3.63) is 0 Å². The molecule has 0 bridgehead atoms. The maximum Gasteiger partial charge on any atom is 0.239 e. The van der Waals surface area contributed by atoms with Crippen LogP contribution in [-0.4, -0.2) is 74.4 Å². The van der Waals surface area contributed by atoms with Gasteiger partial charge in [-0.3, -0.25) is 9.69 Å². The van der Waals surface area contributed by atoms with E-state index in [4.69, 9.17) is 5.73 Å². The van der Waals surface area contributed by atoms with Gasteiger partial charge in [0.1, 0.15) is 9.84 Å². The van der Waals surface area contributed by atoms with Crippen LogP contribution in [0, 0.1) is 5.92 Å². The normalized spacial score (nSPS) is 27.4. The molecule has 24 heavy (non-hydrogen) atoms. The van der Waals surface area contributed by atoms with E-state index in [0.717, 1.165) is 19.0 Å². The van der Waals surface area contributed by atoms with Gasteiger partial charge >= 0.3 is 0 Å². The summed E-state index contributed by atoms with van der Waals surface area (Å²) in [5.41, 5.74) is 5.88. The molecule has 0 aromatic rings. The molecule has 8 heteroatoms. The molecule has 142 valence electrons. The maximum atomic E-state index is 12.3. The van der Waals surface area contributed by atoms with Crippen LogP contribution >= 0.6 is 12.4 Å². The summed E-state index contributed by atoms with van der Waals surface area (Å²) < 4.78 is 22.4. The highest BCUT2D eigenvalue weighted by Crippen LogP contribution is 2.27. The predicted octanol–water partition coefficient (Wildman–Crippen LogP) is 0.893. The second kappa shape index (κ2) is 9.36. The first-order chi connectivity index (χ1) is 10.8. The van der Waals surface area contributed by atoms with Crippen LogP contribution in [0.2, 0.25) is 0 Å². The molecular weight excluding hydrogens is 350 g/mol. The highest BCUT2D eigenvalue weighted by Gasteiger charge is 2.30. The Hall–Kier alpha value is -0.370. The average molecular weight is 382 g/mol. The molecule has 1 saturated carbocycles. The summed E-state index contributed by atoms with van der Waals surface area (Å²) in [6.07, 6.45) is 6.53. The topological polar surface area (TPSA) is 83.7 Å². The summed E-state index contributed by atoms with van der Waals surface area (Å²) in [6, 6.07) is -0.0332. The summed E-state index contributed by atoms with van der Waals surface area (Å²) in [4.78, 5) is 16.6. The van der Waals surface area contributed by atoms with E-state index in [0.29, 0.717) is 19.1 Å². The highest BCUT2D eigenvalue weighted by atomic mass is 35.5. The molecule has 1 unspecified atom stereocenters. The highest BCUT2D eigenvalue weighted by molar-refractivity contribution is 7.90. The molecule has 0 spiro atoms. The van der Waals surface area contributed by atoms with Crippen LogP contribution in [0.5, 0.6) is 0 Å². The monoisotopic (exact) mass is 381 g/mol. The van der Waals surface area contributed by atoms with Gasteiger partial charge in [0.15, 0.2) is 0 Å². The molecule has 0 aromatic carbocycles. The lowest BCUT2D eigenvalue weighted by atomic mass is 9.86. The molecular formula is C16H32ClN3O3S. The molecule has 1 atom stereocenters. The summed E-state index contributed by atoms with van der Waals surface area (Å²) >= 11 is 0. The van der Waals surface area contributed by atoms with Gasteiger partial charge in [0.25, 0.3) is 0 Å². The molecule has 1 saturated heterocycles. The maximum absolute atomic E-state index is 12.3. The van der Waals surface area contributed by atoms with Crippen LogP contribution < -0.4 is 5.73 Å². The van der Waals surface area contributed by atoms with Crippen molar-refractivity contribution in [2.24, 2.45) is 11.7 Å². The molecule has 1 heterocycles. The largest absolute Gasteiger partial charge is 0.339 e. The molecule has 2 N–H and O–H groups in total. The lowest BCUT2D eigenvalue weighted by Gasteiger charge is -2.42. The number of nitrogens with zero attached hydrogens (tertiary/aromatic N) is 2. The first kappa shape index (κ1) is 21.7.